The van der Waals surface area contributed by atoms with Crippen LogP contribution in [0.5, 0.6) is 5.75 Å². The smallest absolute Gasteiger partial charge is 0.124 e. The Balaban J connectivity index is 1.45. The molecule has 4 rings (SSSR count). The Labute approximate surface area is 212 Å². The molecule has 0 amide bonds. The van der Waals surface area contributed by atoms with E-state index in [4.69, 9.17) is 9.47 Å². The standard InChI is InChI=1S/C30H44N2O3/c1-28(2,3)25-12-13-26(34-21-23-10-8-7-9-11-23)24(18-25)20-32-16-14-30(15-17-32)19-27(31(5)6)29(4,33)22-35-30/h7-13,18,27,33H,14-17,19-22H2,1-6H3/t27-,29-/m0/s1. The third-order valence-electron chi connectivity index (χ3n) is 7.90. The van der Waals surface area contributed by atoms with Crippen LogP contribution < -0.4 is 4.74 Å². The molecule has 35 heavy (non-hydrogen) atoms. The minimum atomic E-state index is -0.801. The number of likely N-dealkylation sites (tertiary alicyclic amines) is 1. The predicted molar refractivity (Wildman–Crippen MR) is 142 cm³/mol. The monoisotopic (exact) mass is 480 g/mol. The Morgan fingerprint density at radius 2 is 1.77 bits per heavy atom. The quantitative estimate of drug-likeness (QED) is 0.630. The fourth-order valence-corrected chi connectivity index (χ4v) is 5.52. The predicted octanol–water partition coefficient (Wildman–Crippen LogP) is 5.00. The van der Waals surface area contributed by atoms with Crippen molar-refractivity contribution in [2.45, 2.75) is 82.8 Å². The van der Waals surface area contributed by atoms with Crippen LogP contribution in [0, 0.1) is 0 Å². The van der Waals surface area contributed by atoms with E-state index in [0.29, 0.717) is 13.2 Å². The van der Waals surface area contributed by atoms with E-state index in [2.05, 4.69) is 87.1 Å². The summed E-state index contributed by atoms with van der Waals surface area (Å²) in [5.74, 6) is 0.972. The van der Waals surface area contributed by atoms with E-state index in [1.165, 1.54) is 16.7 Å². The second-order valence-corrected chi connectivity index (χ2v) is 12.1. The maximum atomic E-state index is 10.8. The molecule has 5 nitrogen and oxygen atoms in total. The van der Waals surface area contributed by atoms with Crippen LogP contribution in [0.2, 0.25) is 0 Å². The van der Waals surface area contributed by atoms with Crippen molar-refractivity contribution < 1.29 is 14.6 Å². The van der Waals surface area contributed by atoms with Gasteiger partial charge in [0, 0.05) is 31.2 Å². The molecule has 1 spiro atoms. The van der Waals surface area contributed by atoms with Crippen molar-refractivity contribution in [1.82, 2.24) is 9.80 Å². The maximum absolute atomic E-state index is 10.8. The molecule has 2 aliphatic rings. The van der Waals surface area contributed by atoms with Crippen LogP contribution in [-0.2, 0) is 23.3 Å². The molecular formula is C30H44N2O3. The van der Waals surface area contributed by atoms with Gasteiger partial charge in [-0.05, 0) is 62.9 Å². The number of rotatable bonds is 6. The van der Waals surface area contributed by atoms with Crippen LogP contribution in [0.25, 0.3) is 0 Å². The highest BCUT2D eigenvalue weighted by atomic mass is 16.5. The summed E-state index contributed by atoms with van der Waals surface area (Å²) in [4.78, 5) is 4.69. The van der Waals surface area contributed by atoms with Crippen molar-refractivity contribution in [3.05, 3.63) is 65.2 Å². The highest BCUT2D eigenvalue weighted by Crippen LogP contribution is 2.40. The first-order chi connectivity index (χ1) is 16.5. The molecule has 2 aromatic rings. The highest BCUT2D eigenvalue weighted by Gasteiger charge is 2.49. The normalized spacial score (nSPS) is 25.2. The molecule has 0 aromatic heterocycles. The van der Waals surface area contributed by atoms with E-state index in [1.54, 1.807) is 0 Å². The van der Waals surface area contributed by atoms with E-state index >= 15 is 0 Å². The first-order valence-corrected chi connectivity index (χ1v) is 13.0. The summed E-state index contributed by atoms with van der Waals surface area (Å²) in [7, 11) is 4.12. The molecule has 2 aliphatic heterocycles. The molecule has 0 radical (unpaired) electrons. The summed E-state index contributed by atoms with van der Waals surface area (Å²) < 4.78 is 12.7. The van der Waals surface area contributed by atoms with Gasteiger partial charge in [0.2, 0.25) is 0 Å². The fourth-order valence-electron chi connectivity index (χ4n) is 5.52. The van der Waals surface area contributed by atoms with Crippen LogP contribution in [0.3, 0.4) is 0 Å². The average Bonchev–Trinajstić information content (AvgIpc) is 2.81. The Kier molecular flexibility index (Phi) is 7.63. The van der Waals surface area contributed by atoms with Crippen molar-refractivity contribution in [2.24, 2.45) is 0 Å². The van der Waals surface area contributed by atoms with Crippen LogP contribution >= 0.6 is 0 Å². The van der Waals surface area contributed by atoms with Gasteiger partial charge in [-0.2, -0.15) is 0 Å². The molecule has 1 N–H and O–H groups in total. The fraction of sp³-hybridized carbons (Fsp3) is 0.600. The van der Waals surface area contributed by atoms with Crippen molar-refractivity contribution >= 4 is 0 Å². The molecule has 192 valence electrons. The summed E-state index contributed by atoms with van der Waals surface area (Å²) in [6.45, 7) is 12.5. The van der Waals surface area contributed by atoms with Crippen molar-refractivity contribution in [3.8, 4) is 5.75 Å². The maximum Gasteiger partial charge on any atom is 0.124 e. The van der Waals surface area contributed by atoms with Crippen molar-refractivity contribution in [2.75, 3.05) is 33.8 Å². The van der Waals surface area contributed by atoms with Crippen molar-refractivity contribution in [1.29, 1.82) is 0 Å². The number of piperidine rings is 1. The van der Waals surface area contributed by atoms with Gasteiger partial charge in [0.1, 0.15) is 18.0 Å². The molecule has 0 unspecified atom stereocenters. The minimum absolute atomic E-state index is 0.0900. The number of benzene rings is 2. The lowest BCUT2D eigenvalue weighted by atomic mass is 9.77. The summed E-state index contributed by atoms with van der Waals surface area (Å²) in [6, 6.07) is 17.2. The second-order valence-electron chi connectivity index (χ2n) is 12.1. The number of ether oxygens (including phenoxy) is 2. The zero-order valence-corrected chi connectivity index (χ0v) is 22.5. The van der Waals surface area contributed by atoms with Crippen LogP contribution in [0.4, 0.5) is 0 Å². The molecule has 2 atom stereocenters. The largest absolute Gasteiger partial charge is 0.489 e. The summed E-state index contributed by atoms with van der Waals surface area (Å²) in [5, 5.41) is 10.8. The molecule has 0 bridgehead atoms. The van der Waals surface area contributed by atoms with Crippen LogP contribution in [0.15, 0.2) is 48.5 Å². The summed E-state index contributed by atoms with van der Waals surface area (Å²) >= 11 is 0. The van der Waals surface area contributed by atoms with Crippen LogP contribution in [0.1, 0.15) is 63.6 Å². The third-order valence-corrected chi connectivity index (χ3v) is 7.90. The van der Waals surface area contributed by atoms with Crippen molar-refractivity contribution in [3.63, 3.8) is 0 Å². The zero-order chi connectivity index (χ0) is 25.3. The Hall–Kier alpha value is -1.92. The van der Waals surface area contributed by atoms with Gasteiger partial charge in [-0.15, -0.1) is 0 Å². The van der Waals surface area contributed by atoms with Gasteiger partial charge in [0.15, 0.2) is 0 Å². The van der Waals surface area contributed by atoms with Gasteiger partial charge in [-0.3, -0.25) is 4.90 Å². The molecule has 2 aromatic carbocycles. The number of aliphatic hydroxyl groups is 1. The van der Waals surface area contributed by atoms with Crippen LogP contribution in [-0.4, -0.2) is 65.9 Å². The lowest BCUT2D eigenvalue weighted by Gasteiger charge is -2.52. The van der Waals surface area contributed by atoms with E-state index in [9.17, 15) is 5.11 Å². The van der Waals surface area contributed by atoms with Gasteiger partial charge in [0.25, 0.3) is 0 Å². The van der Waals surface area contributed by atoms with E-state index in [-0.39, 0.29) is 17.1 Å². The SMILES string of the molecule is CN(C)[C@H]1CC2(CCN(Cc3cc(C(C)(C)C)ccc3OCc3ccccc3)CC2)OC[C@]1(C)O. The first-order valence-electron chi connectivity index (χ1n) is 13.0. The molecule has 2 heterocycles. The second kappa shape index (κ2) is 10.2. The van der Waals surface area contributed by atoms with E-state index in [1.807, 2.05) is 13.0 Å². The van der Waals surface area contributed by atoms with Gasteiger partial charge < -0.3 is 19.5 Å². The number of nitrogens with zero attached hydrogens (tertiary/aromatic N) is 2. The Morgan fingerprint density at radius 3 is 2.40 bits per heavy atom. The first kappa shape index (κ1) is 26.2. The number of likely N-dealkylation sites (N-methyl/N-ethyl adjacent to an activating group) is 1. The zero-order valence-electron chi connectivity index (χ0n) is 22.5. The molecule has 2 saturated heterocycles. The molecular weight excluding hydrogens is 436 g/mol. The van der Waals surface area contributed by atoms with Gasteiger partial charge in [-0.1, -0.05) is 63.2 Å². The Bertz CT molecular complexity index is 973. The van der Waals surface area contributed by atoms with Gasteiger partial charge in [0.05, 0.1) is 12.2 Å². The van der Waals surface area contributed by atoms with E-state index < -0.39 is 5.60 Å². The molecule has 0 aliphatic carbocycles. The topological polar surface area (TPSA) is 45.2 Å². The third kappa shape index (κ3) is 6.26. The number of hydrogen-bond acceptors (Lipinski definition) is 5. The van der Waals surface area contributed by atoms with E-state index in [0.717, 1.165) is 44.6 Å². The van der Waals surface area contributed by atoms with Gasteiger partial charge in [-0.25, -0.2) is 0 Å². The summed E-state index contributed by atoms with van der Waals surface area (Å²) in [6.07, 6.45) is 2.87. The highest BCUT2D eigenvalue weighted by molar-refractivity contribution is 5.40. The lowest BCUT2D eigenvalue weighted by molar-refractivity contribution is -0.207. The summed E-state index contributed by atoms with van der Waals surface area (Å²) in [5.41, 5.74) is 2.92. The Morgan fingerprint density at radius 1 is 1.09 bits per heavy atom. The lowest BCUT2D eigenvalue weighted by Crippen LogP contribution is -2.62. The average molecular weight is 481 g/mol. The molecule has 5 heteroatoms. The minimum Gasteiger partial charge on any atom is -0.489 e. The van der Waals surface area contributed by atoms with Gasteiger partial charge >= 0.3 is 0 Å². The number of hydrogen-bond donors (Lipinski definition) is 1. The molecule has 2 fully saturated rings. The molecule has 0 saturated carbocycles.